The van der Waals surface area contributed by atoms with Crippen LogP contribution in [0.3, 0.4) is 0 Å². The molecule has 0 radical (unpaired) electrons. The summed E-state index contributed by atoms with van der Waals surface area (Å²) in [5.74, 6) is -2.44. The largest absolute Gasteiger partial charge is 0.357 e. The molecule has 2 aromatic carbocycles. The first-order valence-corrected chi connectivity index (χ1v) is 10.8. The van der Waals surface area contributed by atoms with Crippen LogP contribution in [0.15, 0.2) is 52.2 Å². The standard InChI is InChI=1S/C21H19F2N3O2S2/c1-12-10-29-21(25-12)30-11-13-3-5-14(6-4-13)19(27)26-18(20(28)24-2)15-7-8-16(22)17(23)9-15/h3-10,18H,11H2,1-2H3,(H,24,28)(H,26,27). The third-order valence-corrected chi connectivity index (χ3v) is 6.45. The van der Waals surface area contributed by atoms with Gasteiger partial charge in [0.1, 0.15) is 10.4 Å². The Bertz CT molecular complexity index is 1050. The number of halogens is 2. The molecule has 0 saturated heterocycles. The Labute approximate surface area is 180 Å². The van der Waals surface area contributed by atoms with Gasteiger partial charge >= 0.3 is 0 Å². The number of thiazole rings is 1. The molecule has 0 aliphatic rings. The van der Waals surface area contributed by atoms with Crippen LogP contribution in [0.4, 0.5) is 8.78 Å². The van der Waals surface area contributed by atoms with Crippen LogP contribution < -0.4 is 10.6 Å². The van der Waals surface area contributed by atoms with Crippen molar-refractivity contribution in [3.05, 3.63) is 81.9 Å². The van der Waals surface area contributed by atoms with E-state index in [0.29, 0.717) is 11.3 Å². The summed E-state index contributed by atoms with van der Waals surface area (Å²) in [5, 5.41) is 6.99. The number of hydrogen-bond acceptors (Lipinski definition) is 5. The Morgan fingerprint density at radius 1 is 1.13 bits per heavy atom. The minimum absolute atomic E-state index is 0.147. The van der Waals surface area contributed by atoms with E-state index >= 15 is 0 Å². The Hall–Kier alpha value is -2.78. The van der Waals surface area contributed by atoms with Crippen LogP contribution in [0.5, 0.6) is 0 Å². The Kier molecular flexibility index (Phi) is 7.17. The molecular formula is C21H19F2N3O2S2. The summed E-state index contributed by atoms with van der Waals surface area (Å²) in [6.07, 6.45) is 0. The summed E-state index contributed by atoms with van der Waals surface area (Å²) in [4.78, 5) is 29.2. The topological polar surface area (TPSA) is 71.1 Å². The van der Waals surface area contributed by atoms with Crippen LogP contribution in [0, 0.1) is 18.6 Å². The molecule has 0 spiro atoms. The van der Waals surface area contributed by atoms with E-state index in [2.05, 4.69) is 15.6 Å². The number of carbonyl (C=O) groups excluding carboxylic acids is 2. The lowest BCUT2D eigenvalue weighted by molar-refractivity contribution is -0.122. The van der Waals surface area contributed by atoms with Gasteiger partial charge in [0.2, 0.25) is 5.91 Å². The van der Waals surface area contributed by atoms with E-state index < -0.39 is 29.5 Å². The highest BCUT2D eigenvalue weighted by Gasteiger charge is 2.23. The highest BCUT2D eigenvalue weighted by Crippen LogP contribution is 2.26. The van der Waals surface area contributed by atoms with E-state index in [4.69, 9.17) is 0 Å². The van der Waals surface area contributed by atoms with Crippen LogP contribution in [-0.4, -0.2) is 23.8 Å². The third kappa shape index (κ3) is 5.43. The SMILES string of the molecule is CNC(=O)C(NC(=O)c1ccc(CSc2nc(C)cs2)cc1)c1ccc(F)c(F)c1. The van der Waals surface area contributed by atoms with E-state index in [1.807, 2.05) is 24.4 Å². The summed E-state index contributed by atoms with van der Waals surface area (Å²) < 4.78 is 27.8. The highest BCUT2D eigenvalue weighted by atomic mass is 32.2. The molecule has 2 N–H and O–H groups in total. The summed E-state index contributed by atoms with van der Waals surface area (Å²) in [6.45, 7) is 1.94. The number of likely N-dealkylation sites (N-methyl/N-ethyl adjacent to an activating group) is 1. The van der Waals surface area contributed by atoms with Gasteiger partial charge < -0.3 is 10.6 Å². The molecule has 0 saturated carbocycles. The van der Waals surface area contributed by atoms with Gasteiger partial charge in [-0.1, -0.05) is 30.0 Å². The van der Waals surface area contributed by atoms with Crippen molar-refractivity contribution in [2.45, 2.75) is 23.1 Å². The van der Waals surface area contributed by atoms with Gasteiger partial charge in [-0.3, -0.25) is 9.59 Å². The van der Waals surface area contributed by atoms with Crippen molar-refractivity contribution in [1.29, 1.82) is 0 Å². The molecule has 3 rings (SSSR count). The van der Waals surface area contributed by atoms with E-state index in [1.54, 1.807) is 35.2 Å². The molecule has 9 heteroatoms. The fourth-order valence-corrected chi connectivity index (χ4v) is 4.45. The maximum atomic E-state index is 13.6. The fraction of sp³-hybridized carbons (Fsp3) is 0.190. The van der Waals surface area contributed by atoms with Gasteiger partial charge in [0, 0.05) is 29.4 Å². The van der Waals surface area contributed by atoms with Crippen molar-refractivity contribution in [2.24, 2.45) is 0 Å². The third-order valence-electron chi connectivity index (χ3n) is 4.24. The minimum atomic E-state index is -1.15. The predicted molar refractivity (Wildman–Crippen MR) is 113 cm³/mol. The summed E-state index contributed by atoms with van der Waals surface area (Å²) in [7, 11) is 1.40. The molecule has 30 heavy (non-hydrogen) atoms. The zero-order chi connectivity index (χ0) is 21.7. The lowest BCUT2D eigenvalue weighted by atomic mass is 10.0. The Morgan fingerprint density at radius 3 is 2.47 bits per heavy atom. The first kappa shape index (κ1) is 21.9. The zero-order valence-corrected chi connectivity index (χ0v) is 17.9. The van der Waals surface area contributed by atoms with Crippen molar-refractivity contribution in [1.82, 2.24) is 15.6 Å². The molecule has 3 aromatic rings. The second-order valence-electron chi connectivity index (χ2n) is 6.43. The molecule has 0 fully saturated rings. The number of benzene rings is 2. The quantitative estimate of drug-likeness (QED) is 0.532. The maximum absolute atomic E-state index is 13.6. The van der Waals surface area contributed by atoms with Crippen LogP contribution >= 0.6 is 23.1 Å². The first-order valence-electron chi connectivity index (χ1n) is 8.98. The summed E-state index contributed by atoms with van der Waals surface area (Å²) >= 11 is 3.20. The van der Waals surface area contributed by atoms with Crippen LogP contribution in [0.1, 0.15) is 33.2 Å². The van der Waals surface area contributed by atoms with Gasteiger partial charge in [-0.2, -0.15) is 0 Å². The lowest BCUT2D eigenvalue weighted by Crippen LogP contribution is -2.39. The number of nitrogens with one attached hydrogen (secondary N) is 2. The van der Waals surface area contributed by atoms with Gasteiger partial charge in [-0.15, -0.1) is 11.3 Å². The number of hydrogen-bond donors (Lipinski definition) is 2. The van der Waals surface area contributed by atoms with Crippen molar-refractivity contribution in [3.63, 3.8) is 0 Å². The van der Waals surface area contributed by atoms with E-state index in [9.17, 15) is 18.4 Å². The number of rotatable bonds is 7. The van der Waals surface area contributed by atoms with Gasteiger partial charge in [0.25, 0.3) is 5.91 Å². The van der Waals surface area contributed by atoms with E-state index in [1.165, 1.54) is 13.1 Å². The second-order valence-corrected chi connectivity index (χ2v) is 8.52. The number of nitrogens with zero attached hydrogens (tertiary/aromatic N) is 1. The first-order chi connectivity index (χ1) is 14.4. The van der Waals surface area contributed by atoms with Crippen LogP contribution in [-0.2, 0) is 10.5 Å². The monoisotopic (exact) mass is 447 g/mol. The molecule has 156 valence electrons. The van der Waals surface area contributed by atoms with Crippen LogP contribution in [0.25, 0.3) is 0 Å². The number of aryl methyl sites for hydroxylation is 1. The van der Waals surface area contributed by atoms with Crippen molar-refractivity contribution in [3.8, 4) is 0 Å². The van der Waals surface area contributed by atoms with Crippen molar-refractivity contribution in [2.75, 3.05) is 7.05 Å². The predicted octanol–water partition coefficient (Wildman–Crippen LogP) is 4.24. The number of carbonyl (C=O) groups is 2. The molecule has 5 nitrogen and oxygen atoms in total. The molecule has 0 aliphatic carbocycles. The number of amides is 2. The summed E-state index contributed by atoms with van der Waals surface area (Å²) in [5.41, 5.74) is 2.51. The van der Waals surface area contributed by atoms with E-state index in [-0.39, 0.29) is 5.56 Å². The van der Waals surface area contributed by atoms with Gasteiger partial charge in [0.05, 0.1) is 0 Å². The van der Waals surface area contributed by atoms with Gasteiger partial charge in [-0.05, 0) is 42.3 Å². The molecule has 1 atom stereocenters. The minimum Gasteiger partial charge on any atom is -0.357 e. The maximum Gasteiger partial charge on any atom is 0.252 e. The zero-order valence-electron chi connectivity index (χ0n) is 16.2. The van der Waals surface area contributed by atoms with Crippen molar-refractivity contribution < 1.29 is 18.4 Å². The molecular weight excluding hydrogens is 428 g/mol. The lowest BCUT2D eigenvalue weighted by Gasteiger charge is -2.18. The molecule has 2 amide bonds. The van der Waals surface area contributed by atoms with Crippen molar-refractivity contribution >= 4 is 34.9 Å². The van der Waals surface area contributed by atoms with E-state index in [0.717, 1.165) is 27.7 Å². The smallest absolute Gasteiger partial charge is 0.252 e. The van der Waals surface area contributed by atoms with Gasteiger partial charge in [-0.25, -0.2) is 13.8 Å². The number of thioether (sulfide) groups is 1. The summed E-state index contributed by atoms with van der Waals surface area (Å²) in [6, 6.07) is 8.90. The molecule has 1 aromatic heterocycles. The highest BCUT2D eigenvalue weighted by molar-refractivity contribution is 8.00. The molecule has 1 heterocycles. The normalized spacial score (nSPS) is 11.7. The average molecular weight is 448 g/mol. The molecule has 0 aliphatic heterocycles. The second kappa shape index (κ2) is 9.82. The van der Waals surface area contributed by atoms with Gasteiger partial charge in [0.15, 0.2) is 11.6 Å². The Morgan fingerprint density at radius 2 is 1.87 bits per heavy atom. The Balaban J connectivity index is 1.69. The average Bonchev–Trinajstić information content (AvgIpc) is 3.17. The number of aromatic nitrogens is 1. The molecule has 0 bridgehead atoms. The van der Waals surface area contributed by atoms with Crippen LogP contribution in [0.2, 0.25) is 0 Å². The molecule has 1 unspecified atom stereocenters. The fourth-order valence-electron chi connectivity index (χ4n) is 2.65.